The van der Waals surface area contributed by atoms with Crippen LogP contribution in [0.25, 0.3) is 0 Å². The summed E-state index contributed by atoms with van der Waals surface area (Å²) in [7, 11) is 0. The van der Waals surface area contributed by atoms with Gasteiger partial charge in [-0.05, 0) is 25.0 Å². The fraction of sp³-hybridized carbons (Fsp3) is 0.529. The molecule has 1 N–H and O–H groups in total. The van der Waals surface area contributed by atoms with Gasteiger partial charge in [0.25, 0.3) is 0 Å². The molecule has 1 saturated carbocycles. The number of carbonyl (C=O) groups is 1. The topological polar surface area (TPSA) is 96.7 Å². The maximum Gasteiger partial charge on any atom is 0.231 e. The highest BCUT2D eigenvalue weighted by Gasteiger charge is 2.32. The Morgan fingerprint density at radius 1 is 1.40 bits per heavy atom. The summed E-state index contributed by atoms with van der Waals surface area (Å²) in [6.45, 7) is 0.520. The molecule has 0 bridgehead atoms. The summed E-state index contributed by atoms with van der Waals surface area (Å²) >= 11 is 1.31. The van der Waals surface area contributed by atoms with Crippen molar-refractivity contribution in [3.63, 3.8) is 0 Å². The van der Waals surface area contributed by atoms with Gasteiger partial charge in [0, 0.05) is 0 Å². The number of nitrogens with one attached hydrogen (secondary N) is 1. The van der Waals surface area contributed by atoms with Gasteiger partial charge in [-0.2, -0.15) is 5.26 Å². The first-order chi connectivity index (χ1) is 12.2. The Morgan fingerprint density at radius 3 is 2.88 bits per heavy atom. The molecular formula is C17H21N5O2S. The maximum absolute atomic E-state index is 12.4. The SMILES string of the molecule is N#CC1(NC(=O)CSc2nncn2Cc2ccco2)CCCCCC1. The Hall–Kier alpha value is -2.27. The molecule has 0 aromatic carbocycles. The number of carbonyl (C=O) groups excluding carboxylic acids is 1. The van der Waals surface area contributed by atoms with Crippen LogP contribution < -0.4 is 5.32 Å². The van der Waals surface area contributed by atoms with Gasteiger partial charge in [-0.25, -0.2) is 0 Å². The van der Waals surface area contributed by atoms with E-state index in [9.17, 15) is 10.1 Å². The molecule has 1 aliphatic rings. The summed E-state index contributed by atoms with van der Waals surface area (Å²) in [4.78, 5) is 12.4. The molecule has 132 valence electrons. The lowest BCUT2D eigenvalue weighted by molar-refractivity contribution is -0.120. The van der Waals surface area contributed by atoms with Crippen LogP contribution in [0.3, 0.4) is 0 Å². The molecule has 0 atom stereocenters. The minimum Gasteiger partial charge on any atom is -0.467 e. The van der Waals surface area contributed by atoms with Crippen molar-refractivity contribution in [3.8, 4) is 6.07 Å². The van der Waals surface area contributed by atoms with Crippen molar-refractivity contribution < 1.29 is 9.21 Å². The Labute approximate surface area is 150 Å². The van der Waals surface area contributed by atoms with E-state index < -0.39 is 5.54 Å². The van der Waals surface area contributed by atoms with E-state index in [0.717, 1.165) is 44.3 Å². The molecule has 1 amide bonds. The number of amides is 1. The van der Waals surface area contributed by atoms with Crippen LogP contribution in [0.4, 0.5) is 0 Å². The van der Waals surface area contributed by atoms with E-state index in [1.54, 1.807) is 12.6 Å². The average molecular weight is 359 g/mol. The van der Waals surface area contributed by atoms with E-state index in [-0.39, 0.29) is 11.7 Å². The third kappa shape index (κ3) is 4.63. The molecule has 0 aliphatic heterocycles. The molecule has 0 saturated heterocycles. The van der Waals surface area contributed by atoms with E-state index >= 15 is 0 Å². The molecule has 0 radical (unpaired) electrons. The highest BCUT2D eigenvalue weighted by molar-refractivity contribution is 7.99. The van der Waals surface area contributed by atoms with Gasteiger partial charge in [-0.15, -0.1) is 10.2 Å². The zero-order chi connectivity index (χ0) is 17.5. The Bertz CT molecular complexity index is 727. The second-order valence-corrected chi connectivity index (χ2v) is 7.21. The van der Waals surface area contributed by atoms with Crippen LogP contribution in [0.5, 0.6) is 0 Å². The molecule has 2 heterocycles. The van der Waals surface area contributed by atoms with Crippen LogP contribution in [0, 0.1) is 11.3 Å². The average Bonchev–Trinajstić information content (AvgIpc) is 3.23. The van der Waals surface area contributed by atoms with Gasteiger partial charge in [-0.3, -0.25) is 4.79 Å². The number of furan rings is 1. The number of aromatic nitrogens is 3. The lowest BCUT2D eigenvalue weighted by atomic mass is 9.92. The Balaban J connectivity index is 1.56. The summed E-state index contributed by atoms with van der Waals surface area (Å²) < 4.78 is 7.16. The molecule has 7 nitrogen and oxygen atoms in total. The third-order valence-corrected chi connectivity index (χ3v) is 5.35. The smallest absolute Gasteiger partial charge is 0.231 e. The molecule has 2 aromatic heterocycles. The van der Waals surface area contributed by atoms with E-state index in [1.807, 2.05) is 16.7 Å². The van der Waals surface area contributed by atoms with Crippen LogP contribution in [-0.4, -0.2) is 32.0 Å². The van der Waals surface area contributed by atoms with Crippen molar-refractivity contribution in [1.29, 1.82) is 5.26 Å². The zero-order valence-electron chi connectivity index (χ0n) is 14.0. The quantitative estimate of drug-likeness (QED) is 0.629. The first-order valence-electron chi connectivity index (χ1n) is 8.46. The lowest BCUT2D eigenvalue weighted by Crippen LogP contribution is -2.47. The fourth-order valence-electron chi connectivity index (χ4n) is 3.06. The predicted octanol–water partition coefficient (Wildman–Crippen LogP) is 2.74. The van der Waals surface area contributed by atoms with Gasteiger partial charge in [0.2, 0.25) is 5.91 Å². The number of hydrogen-bond acceptors (Lipinski definition) is 6. The van der Waals surface area contributed by atoms with Gasteiger partial charge in [0.1, 0.15) is 17.6 Å². The molecular weight excluding hydrogens is 338 g/mol. The fourth-order valence-corrected chi connectivity index (χ4v) is 3.78. The lowest BCUT2D eigenvalue weighted by Gasteiger charge is -2.26. The van der Waals surface area contributed by atoms with Gasteiger partial charge < -0.3 is 14.3 Å². The van der Waals surface area contributed by atoms with Crippen LogP contribution in [-0.2, 0) is 11.3 Å². The zero-order valence-corrected chi connectivity index (χ0v) is 14.8. The van der Waals surface area contributed by atoms with Crippen molar-refractivity contribution in [3.05, 3.63) is 30.5 Å². The molecule has 1 aliphatic carbocycles. The summed E-state index contributed by atoms with van der Waals surface area (Å²) in [5, 5.41) is 21.1. The molecule has 0 spiro atoms. The van der Waals surface area contributed by atoms with Crippen LogP contribution in [0.2, 0.25) is 0 Å². The highest BCUT2D eigenvalue weighted by Crippen LogP contribution is 2.27. The van der Waals surface area contributed by atoms with Crippen molar-refractivity contribution in [2.45, 2.75) is 55.8 Å². The standard InChI is InChI=1S/C17H21N5O2S/c18-12-17(7-3-1-2-4-8-17)20-15(23)11-25-16-21-19-13-22(16)10-14-6-5-9-24-14/h5-6,9,13H,1-4,7-8,10-11H2,(H,20,23). The number of rotatable bonds is 6. The molecule has 3 rings (SSSR count). The first kappa shape index (κ1) is 17.5. The highest BCUT2D eigenvalue weighted by atomic mass is 32.2. The third-order valence-electron chi connectivity index (χ3n) is 4.37. The number of hydrogen-bond donors (Lipinski definition) is 1. The summed E-state index contributed by atoms with van der Waals surface area (Å²) in [6.07, 6.45) is 8.92. The van der Waals surface area contributed by atoms with Crippen LogP contribution in [0.15, 0.2) is 34.3 Å². The molecule has 0 unspecified atom stereocenters. The predicted molar refractivity (Wildman–Crippen MR) is 92.7 cm³/mol. The normalized spacial score (nSPS) is 16.8. The van der Waals surface area contributed by atoms with E-state index in [1.165, 1.54) is 11.8 Å². The van der Waals surface area contributed by atoms with Gasteiger partial charge in [-0.1, -0.05) is 37.4 Å². The minimum absolute atomic E-state index is 0.138. The van der Waals surface area contributed by atoms with Gasteiger partial charge in [0.05, 0.1) is 24.6 Å². The van der Waals surface area contributed by atoms with Crippen molar-refractivity contribution >= 4 is 17.7 Å². The van der Waals surface area contributed by atoms with Gasteiger partial charge >= 0.3 is 0 Å². The Kier molecular flexibility index (Phi) is 5.76. The molecule has 1 fully saturated rings. The monoisotopic (exact) mass is 359 g/mol. The summed E-state index contributed by atoms with van der Waals surface area (Å²) in [6, 6.07) is 6.04. The maximum atomic E-state index is 12.4. The summed E-state index contributed by atoms with van der Waals surface area (Å²) in [5.41, 5.74) is -0.712. The number of nitrogens with zero attached hydrogens (tertiary/aromatic N) is 4. The second kappa shape index (κ2) is 8.21. The molecule has 2 aromatic rings. The number of nitriles is 1. The van der Waals surface area contributed by atoms with Crippen molar-refractivity contribution in [2.24, 2.45) is 0 Å². The largest absolute Gasteiger partial charge is 0.467 e. The van der Waals surface area contributed by atoms with E-state index in [0.29, 0.717) is 11.7 Å². The van der Waals surface area contributed by atoms with E-state index in [2.05, 4.69) is 21.6 Å². The van der Waals surface area contributed by atoms with Crippen LogP contribution >= 0.6 is 11.8 Å². The number of thioether (sulfide) groups is 1. The van der Waals surface area contributed by atoms with Crippen molar-refractivity contribution in [2.75, 3.05) is 5.75 Å². The first-order valence-corrected chi connectivity index (χ1v) is 9.45. The molecule has 8 heteroatoms. The van der Waals surface area contributed by atoms with E-state index in [4.69, 9.17) is 4.42 Å². The minimum atomic E-state index is -0.712. The van der Waals surface area contributed by atoms with Crippen molar-refractivity contribution in [1.82, 2.24) is 20.1 Å². The van der Waals surface area contributed by atoms with Crippen LogP contribution in [0.1, 0.15) is 44.3 Å². The summed E-state index contributed by atoms with van der Waals surface area (Å²) in [5.74, 6) is 0.870. The molecule has 25 heavy (non-hydrogen) atoms. The van der Waals surface area contributed by atoms with Gasteiger partial charge in [0.15, 0.2) is 5.16 Å². The second-order valence-electron chi connectivity index (χ2n) is 6.27. The Morgan fingerprint density at radius 2 is 2.20 bits per heavy atom.